The second-order valence-electron chi connectivity index (χ2n) is 18.4. The number of rotatable bonds is 22. The first-order valence-electron chi connectivity index (χ1n) is 27.1. The Labute approximate surface area is 546 Å². The quantitative estimate of drug-likeness (QED) is 0.0338. The van der Waals surface area contributed by atoms with Crippen molar-refractivity contribution in [1.82, 2.24) is 37.2 Å². The Morgan fingerprint density at radius 1 is 0.237 bits per heavy atom. The summed E-state index contributed by atoms with van der Waals surface area (Å²) in [5.74, 6) is -11.5. The Bertz CT molecular complexity index is 3540. The topological polar surface area (TPSA) is 575 Å². The van der Waals surface area contributed by atoms with Crippen LogP contribution in [-0.2, 0) is 33.6 Å². The fourth-order valence-corrected chi connectivity index (χ4v) is 6.55. The lowest BCUT2D eigenvalue weighted by Crippen LogP contribution is -2.32. The number of carbonyl (C=O) groups excluding carboxylic acids is 8. The predicted octanol–water partition coefficient (Wildman–Crippen LogP) is 1.58. The summed E-state index contributed by atoms with van der Waals surface area (Å²) in [6.45, 7) is -3.14. The molecule has 0 spiro atoms. The average molecular weight is 1350 g/mol. The summed E-state index contributed by atoms with van der Waals surface area (Å²) in [5, 5.41) is 120. The minimum absolute atomic E-state index is 0.0343. The van der Waals surface area contributed by atoms with Gasteiger partial charge in [0.1, 0.15) is 86.1 Å². The molecule has 0 aliphatic carbocycles. The van der Waals surface area contributed by atoms with Crippen molar-refractivity contribution in [3.05, 3.63) is 209 Å². The van der Waals surface area contributed by atoms with E-state index in [4.69, 9.17) is 60.9 Å². The van der Waals surface area contributed by atoms with Gasteiger partial charge >= 0.3 is 41.8 Å². The minimum Gasteiger partial charge on any atom is -0.508 e. The molecule has 0 saturated heterocycles. The molecule has 97 heavy (non-hydrogen) atoms. The molecule has 19 N–H and O–H groups in total. The van der Waals surface area contributed by atoms with E-state index in [0.29, 0.717) is 0 Å². The molecule has 34 nitrogen and oxygen atoms in total. The number of carboxylic acids is 6. The molecular weight excluding hydrogens is 1290 g/mol. The lowest BCUT2D eigenvalue weighted by molar-refractivity contribution is -0.136. The van der Waals surface area contributed by atoms with Crippen LogP contribution in [0.4, 0.5) is 0 Å². The van der Waals surface area contributed by atoms with Crippen molar-refractivity contribution in [2.45, 2.75) is 0 Å². The molecule has 7 aromatic rings. The van der Waals surface area contributed by atoms with Gasteiger partial charge in [0.05, 0.1) is 0 Å². The van der Waals surface area contributed by atoms with Crippen molar-refractivity contribution in [3.8, 4) is 40.2 Å². The number of ether oxygens (including phenoxy) is 1. The maximum atomic E-state index is 11.9. The zero-order chi connectivity index (χ0) is 72.6. The van der Waals surface area contributed by atoms with Gasteiger partial charge in [-0.15, -0.1) is 0 Å². The van der Waals surface area contributed by atoms with Crippen LogP contribution in [0, 0.1) is 0 Å². The van der Waals surface area contributed by atoms with Crippen LogP contribution in [0.15, 0.2) is 170 Å². The summed E-state index contributed by atoms with van der Waals surface area (Å²) in [4.78, 5) is 153. The van der Waals surface area contributed by atoms with Crippen molar-refractivity contribution >= 4 is 83.1 Å². The number of hydrogen-bond donors (Lipinski definition) is 19. The monoisotopic (exact) mass is 1350 g/mol. The van der Waals surface area contributed by atoms with Crippen molar-refractivity contribution in [1.29, 1.82) is 0 Å². The van der Waals surface area contributed by atoms with Crippen LogP contribution in [0.5, 0.6) is 40.2 Å². The van der Waals surface area contributed by atoms with Crippen molar-refractivity contribution in [2.24, 2.45) is 0 Å². The van der Waals surface area contributed by atoms with Crippen LogP contribution >= 0.6 is 0 Å². The molecule has 0 atom stereocenters. The largest absolute Gasteiger partial charge is 0.508 e. The third-order valence-corrected chi connectivity index (χ3v) is 10.8. The maximum Gasteiger partial charge on any atom is 0.330 e. The Morgan fingerprint density at radius 3 is 0.577 bits per heavy atom. The summed E-state index contributed by atoms with van der Waals surface area (Å²) < 4.78 is 5.04. The number of carboxylic acid groups (broad SMARTS) is 6. The smallest absolute Gasteiger partial charge is 0.330 e. The van der Waals surface area contributed by atoms with Crippen LogP contribution in [0.1, 0.15) is 72.5 Å². The van der Waals surface area contributed by atoms with Gasteiger partial charge in [0, 0.05) is 38.9 Å². The van der Waals surface area contributed by atoms with Crippen LogP contribution in [0.2, 0.25) is 0 Å². The number of phenols is 6. The second-order valence-corrected chi connectivity index (χ2v) is 18.4. The zero-order valence-electron chi connectivity index (χ0n) is 50.1. The first-order chi connectivity index (χ1) is 45.8. The summed E-state index contributed by atoms with van der Waals surface area (Å²) in [5.41, 5.74) is 1.44. The zero-order valence-corrected chi connectivity index (χ0v) is 50.1. The molecule has 0 bridgehead atoms. The number of nitrogens with one attached hydrogen (secondary N) is 7. The number of esters is 1. The highest BCUT2D eigenvalue weighted by Gasteiger charge is 2.15. The lowest BCUT2D eigenvalue weighted by Gasteiger charge is -2.08. The molecule has 0 aliphatic heterocycles. The number of hydrogen-bond acceptors (Lipinski definition) is 21. The van der Waals surface area contributed by atoms with Crippen LogP contribution in [0.25, 0.3) is 0 Å². The highest BCUT2D eigenvalue weighted by molar-refractivity contribution is 6.00. The van der Waals surface area contributed by atoms with Gasteiger partial charge in [0.25, 0.3) is 41.4 Å². The molecule has 510 valence electrons. The summed E-state index contributed by atoms with van der Waals surface area (Å²) in [6.07, 6.45) is 0. The molecule has 34 heteroatoms. The van der Waals surface area contributed by atoms with Crippen LogP contribution in [0.3, 0.4) is 0 Å². The van der Waals surface area contributed by atoms with E-state index < -0.39 is 129 Å². The minimum atomic E-state index is -1.19. The standard InChI is InChI=1S/C18H16N2O7.5C9H9NO4/c21-13-5-1-3-11(7-13)17(25)20-10-16(24)27-14-6-2-4-12(8-14)18(26)19-9-15(22)23;5*11-7-3-1-2-6(4-7)9(14)10-5-8(12)13/h1-8,21H,9-10H2,(H,19,26)(H,20,25)(H,22,23);5*1-4,11H,5H2,(H,10,14)(H,12,13). The summed E-state index contributed by atoms with van der Waals surface area (Å²) in [6, 6.07) is 39.6. The van der Waals surface area contributed by atoms with Crippen LogP contribution < -0.4 is 42.0 Å². The van der Waals surface area contributed by atoms with E-state index >= 15 is 0 Å². The first kappa shape index (κ1) is 79.0. The summed E-state index contributed by atoms with van der Waals surface area (Å²) >= 11 is 0. The van der Waals surface area contributed by atoms with Gasteiger partial charge in [-0.25, -0.2) is 4.79 Å². The third-order valence-electron chi connectivity index (χ3n) is 10.8. The van der Waals surface area contributed by atoms with Gasteiger partial charge in [0.2, 0.25) is 0 Å². The van der Waals surface area contributed by atoms with E-state index in [9.17, 15) is 72.2 Å². The first-order valence-corrected chi connectivity index (χ1v) is 27.1. The SMILES string of the molecule is O=C(O)CNC(=O)c1cccc(O)c1.O=C(O)CNC(=O)c1cccc(O)c1.O=C(O)CNC(=O)c1cccc(O)c1.O=C(O)CNC(=O)c1cccc(O)c1.O=C(O)CNC(=O)c1cccc(O)c1.O=C(O)CNC(=O)c1cccc(OC(=O)CNC(=O)c2cccc(O)c2)c1. The van der Waals surface area contributed by atoms with Gasteiger partial charge in [-0.05, 0) is 127 Å². The van der Waals surface area contributed by atoms with E-state index in [1.165, 1.54) is 170 Å². The van der Waals surface area contributed by atoms with Gasteiger partial charge in [0.15, 0.2) is 0 Å². The fraction of sp³-hybridized carbons (Fsp3) is 0.111. The van der Waals surface area contributed by atoms with Crippen molar-refractivity contribution in [2.75, 3.05) is 45.8 Å². The van der Waals surface area contributed by atoms with Crippen molar-refractivity contribution < 1.29 is 133 Å². The van der Waals surface area contributed by atoms with Gasteiger partial charge in [-0.1, -0.05) is 42.5 Å². The van der Waals surface area contributed by atoms with Gasteiger partial charge < -0.3 is 103 Å². The molecule has 0 radical (unpaired) electrons. The Kier molecular flexibility index (Phi) is 34.3. The Balaban J connectivity index is 0.000000406. The molecule has 0 heterocycles. The molecule has 0 aliphatic rings. The molecule has 7 rings (SSSR count). The normalized spacial score (nSPS) is 9.57. The number of amides is 7. The van der Waals surface area contributed by atoms with E-state index in [1.54, 1.807) is 0 Å². The predicted molar refractivity (Wildman–Crippen MR) is 333 cm³/mol. The van der Waals surface area contributed by atoms with Crippen molar-refractivity contribution in [3.63, 3.8) is 0 Å². The van der Waals surface area contributed by atoms with E-state index in [0.717, 1.165) is 0 Å². The lowest BCUT2D eigenvalue weighted by atomic mass is 10.2. The maximum absolute atomic E-state index is 11.9. The third kappa shape index (κ3) is 34.6. The number of aliphatic carboxylic acids is 6. The van der Waals surface area contributed by atoms with E-state index in [2.05, 4.69) is 37.2 Å². The fourth-order valence-electron chi connectivity index (χ4n) is 6.55. The number of benzene rings is 7. The molecular formula is C63H61N7O27. The number of carbonyl (C=O) groups is 14. The molecule has 7 amide bonds. The molecule has 0 unspecified atom stereocenters. The molecule has 0 fully saturated rings. The molecule has 0 aromatic heterocycles. The molecule has 7 aromatic carbocycles. The second kappa shape index (κ2) is 42.1. The highest BCUT2D eigenvalue weighted by Crippen LogP contribution is 2.17. The van der Waals surface area contributed by atoms with Crippen LogP contribution in [-0.4, -0.2) is 190 Å². The van der Waals surface area contributed by atoms with E-state index in [-0.39, 0.29) is 79.2 Å². The number of phenolic OH excluding ortho intramolecular Hbond substituents is 6. The highest BCUT2D eigenvalue weighted by atomic mass is 16.5. The average Bonchev–Trinajstić information content (AvgIpc) is 1.18. The van der Waals surface area contributed by atoms with Gasteiger partial charge in [-0.3, -0.25) is 62.3 Å². The Morgan fingerprint density at radius 2 is 0.402 bits per heavy atom. The number of aromatic hydroxyl groups is 6. The van der Waals surface area contributed by atoms with Gasteiger partial charge in [-0.2, -0.15) is 0 Å². The molecule has 0 saturated carbocycles. The Hall–Kier alpha value is -14.1. The van der Waals surface area contributed by atoms with E-state index in [1.807, 2.05) is 0 Å². The summed E-state index contributed by atoms with van der Waals surface area (Å²) in [7, 11) is 0.